The predicted octanol–water partition coefficient (Wildman–Crippen LogP) is 4.84. The van der Waals surface area contributed by atoms with E-state index in [1.165, 1.54) is 49.9 Å². The van der Waals surface area contributed by atoms with Crippen LogP contribution in [0.3, 0.4) is 0 Å². The Balaban J connectivity index is 2.13. The maximum Gasteiger partial charge on any atom is 0.103 e. The normalized spacial score (nSPS) is 19.1. The van der Waals surface area contributed by atoms with E-state index in [1.54, 1.807) is 0 Å². The molecule has 0 amide bonds. The molecule has 2 aliphatic rings. The van der Waals surface area contributed by atoms with Crippen LogP contribution in [0, 0.1) is 0 Å². The summed E-state index contributed by atoms with van der Waals surface area (Å²) in [6, 6.07) is 0.585. The molecule has 0 saturated heterocycles. The molecule has 0 spiro atoms. The first-order valence-corrected chi connectivity index (χ1v) is 8.09. The smallest absolute Gasteiger partial charge is 0.103 e. The Kier molecular flexibility index (Phi) is 5.51. The summed E-state index contributed by atoms with van der Waals surface area (Å²) in [5, 5.41) is 3.48. The van der Waals surface area contributed by atoms with Gasteiger partial charge in [0.15, 0.2) is 0 Å². The summed E-state index contributed by atoms with van der Waals surface area (Å²) in [5.41, 5.74) is 2.63. The number of nitrogens with zero attached hydrogens (tertiary/aromatic N) is 1. The van der Waals surface area contributed by atoms with Gasteiger partial charge in [0.1, 0.15) is 5.82 Å². The van der Waals surface area contributed by atoms with Crippen molar-refractivity contribution in [1.29, 1.82) is 0 Å². The fourth-order valence-electron chi connectivity index (χ4n) is 3.12. The van der Waals surface area contributed by atoms with Crippen molar-refractivity contribution in [2.45, 2.75) is 64.8 Å². The fraction of sp³-hybridized carbons (Fsp3) is 0.556. The molecule has 0 radical (unpaired) electrons. The van der Waals surface area contributed by atoms with Gasteiger partial charge in [-0.2, -0.15) is 0 Å². The second-order valence-electron chi connectivity index (χ2n) is 5.74. The quantitative estimate of drug-likeness (QED) is 0.667. The molecular weight excluding hydrogens is 244 g/mol. The van der Waals surface area contributed by atoms with Crippen molar-refractivity contribution in [3.8, 4) is 0 Å². The molecule has 2 rings (SSSR count). The highest BCUT2D eigenvalue weighted by molar-refractivity contribution is 5.39. The van der Waals surface area contributed by atoms with Crippen molar-refractivity contribution in [2.24, 2.45) is 0 Å². The molecule has 2 nitrogen and oxygen atoms in total. The van der Waals surface area contributed by atoms with Crippen molar-refractivity contribution in [1.82, 2.24) is 10.2 Å². The van der Waals surface area contributed by atoms with Gasteiger partial charge in [-0.15, -0.1) is 0 Å². The summed E-state index contributed by atoms with van der Waals surface area (Å²) < 4.78 is 0. The SMILES string of the molecule is C=C1NC2=C(C=CC=CC2)N1C(CCC)CCCCC. The molecule has 2 heteroatoms. The summed E-state index contributed by atoms with van der Waals surface area (Å²) in [7, 11) is 0. The third-order valence-corrected chi connectivity index (χ3v) is 4.11. The maximum atomic E-state index is 4.24. The molecule has 20 heavy (non-hydrogen) atoms. The van der Waals surface area contributed by atoms with E-state index in [0.29, 0.717) is 6.04 Å². The van der Waals surface area contributed by atoms with Crippen LogP contribution in [0.25, 0.3) is 0 Å². The van der Waals surface area contributed by atoms with Crippen LogP contribution in [0.1, 0.15) is 58.8 Å². The van der Waals surface area contributed by atoms with Gasteiger partial charge < -0.3 is 10.2 Å². The first-order valence-electron chi connectivity index (χ1n) is 8.09. The standard InChI is InChI=1S/C18H28N2/c1-4-6-8-12-16(11-5-2)20-15(3)19-17-13-9-7-10-14-18(17)20/h7,9-10,14,16,19H,3-6,8,11-13H2,1-2H3. The van der Waals surface area contributed by atoms with Crippen molar-refractivity contribution in [3.05, 3.63) is 48.1 Å². The van der Waals surface area contributed by atoms with Gasteiger partial charge in [0.05, 0.1) is 5.70 Å². The minimum absolute atomic E-state index is 0.585. The summed E-state index contributed by atoms with van der Waals surface area (Å²) in [5.74, 6) is 1.06. The number of nitrogens with one attached hydrogen (secondary N) is 1. The van der Waals surface area contributed by atoms with E-state index in [2.05, 4.69) is 54.9 Å². The van der Waals surface area contributed by atoms with E-state index < -0.39 is 0 Å². The third kappa shape index (κ3) is 3.36. The Morgan fingerprint density at radius 1 is 1.20 bits per heavy atom. The summed E-state index contributed by atoms with van der Waals surface area (Å²) in [4.78, 5) is 2.44. The third-order valence-electron chi connectivity index (χ3n) is 4.11. The molecular formula is C18H28N2. The van der Waals surface area contributed by atoms with Crippen molar-refractivity contribution >= 4 is 0 Å². The van der Waals surface area contributed by atoms with Crippen LogP contribution in [0.2, 0.25) is 0 Å². The van der Waals surface area contributed by atoms with Gasteiger partial charge in [0.25, 0.3) is 0 Å². The van der Waals surface area contributed by atoms with Gasteiger partial charge in [-0.05, 0) is 18.9 Å². The monoisotopic (exact) mass is 272 g/mol. The minimum atomic E-state index is 0.585. The topological polar surface area (TPSA) is 15.3 Å². The lowest BCUT2D eigenvalue weighted by molar-refractivity contribution is 0.283. The molecule has 1 unspecified atom stereocenters. The molecule has 1 aliphatic carbocycles. The molecule has 0 fully saturated rings. The van der Waals surface area contributed by atoms with Gasteiger partial charge in [-0.1, -0.05) is 64.3 Å². The molecule has 110 valence electrons. The molecule has 1 aliphatic heterocycles. The average molecular weight is 272 g/mol. The lowest BCUT2D eigenvalue weighted by Gasteiger charge is -2.31. The Labute approximate surface area is 123 Å². The Morgan fingerprint density at radius 3 is 2.80 bits per heavy atom. The fourth-order valence-corrected chi connectivity index (χ4v) is 3.12. The Morgan fingerprint density at radius 2 is 2.05 bits per heavy atom. The van der Waals surface area contributed by atoms with E-state index in [0.717, 1.165) is 12.2 Å². The highest BCUT2D eigenvalue weighted by atomic mass is 15.3. The zero-order valence-corrected chi connectivity index (χ0v) is 13.0. The Bertz CT molecular complexity index is 429. The molecule has 0 saturated carbocycles. The Hall–Kier alpha value is -1.44. The second-order valence-corrected chi connectivity index (χ2v) is 5.74. The van der Waals surface area contributed by atoms with E-state index in [-0.39, 0.29) is 0 Å². The zero-order valence-electron chi connectivity index (χ0n) is 13.0. The van der Waals surface area contributed by atoms with Crippen LogP contribution >= 0.6 is 0 Å². The highest BCUT2D eigenvalue weighted by Crippen LogP contribution is 2.32. The van der Waals surface area contributed by atoms with E-state index in [9.17, 15) is 0 Å². The lowest BCUT2D eigenvalue weighted by atomic mass is 10.0. The molecule has 0 bridgehead atoms. The molecule has 0 aromatic rings. The van der Waals surface area contributed by atoms with E-state index >= 15 is 0 Å². The lowest BCUT2D eigenvalue weighted by Crippen LogP contribution is -2.32. The molecule has 0 aromatic carbocycles. The summed E-state index contributed by atoms with van der Waals surface area (Å²) in [6.07, 6.45) is 17.3. The summed E-state index contributed by atoms with van der Waals surface area (Å²) >= 11 is 0. The van der Waals surface area contributed by atoms with Crippen LogP contribution in [0.4, 0.5) is 0 Å². The predicted molar refractivity (Wildman–Crippen MR) is 86.9 cm³/mol. The van der Waals surface area contributed by atoms with Gasteiger partial charge in [0, 0.05) is 18.2 Å². The number of allylic oxidation sites excluding steroid dienone is 4. The molecule has 1 N–H and O–H groups in total. The largest absolute Gasteiger partial charge is 0.344 e. The van der Waals surface area contributed by atoms with Crippen molar-refractivity contribution in [3.63, 3.8) is 0 Å². The highest BCUT2D eigenvalue weighted by Gasteiger charge is 2.29. The number of hydrogen-bond donors (Lipinski definition) is 1. The number of hydrogen-bond acceptors (Lipinski definition) is 2. The zero-order chi connectivity index (χ0) is 14.4. The summed E-state index contributed by atoms with van der Waals surface area (Å²) in [6.45, 7) is 8.78. The van der Waals surface area contributed by atoms with Crippen LogP contribution in [0.15, 0.2) is 48.1 Å². The van der Waals surface area contributed by atoms with E-state index in [1.807, 2.05) is 0 Å². The first-order chi connectivity index (χ1) is 9.77. The van der Waals surface area contributed by atoms with Crippen LogP contribution in [-0.2, 0) is 0 Å². The van der Waals surface area contributed by atoms with Crippen molar-refractivity contribution in [2.75, 3.05) is 0 Å². The van der Waals surface area contributed by atoms with Crippen LogP contribution in [0.5, 0.6) is 0 Å². The van der Waals surface area contributed by atoms with E-state index in [4.69, 9.17) is 0 Å². The first kappa shape index (κ1) is 15.0. The molecule has 1 heterocycles. The molecule has 0 aromatic heterocycles. The van der Waals surface area contributed by atoms with Crippen molar-refractivity contribution < 1.29 is 0 Å². The number of unbranched alkanes of at least 4 members (excludes halogenated alkanes) is 2. The van der Waals surface area contributed by atoms with Gasteiger partial charge >= 0.3 is 0 Å². The van der Waals surface area contributed by atoms with Crippen LogP contribution < -0.4 is 5.32 Å². The van der Waals surface area contributed by atoms with Crippen LogP contribution in [-0.4, -0.2) is 10.9 Å². The number of rotatable bonds is 7. The van der Waals surface area contributed by atoms with Gasteiger partial charge in [-0.3, -0.25) is 0 Å². The second kappa shape index (κ2) is 7.37. The molecule has 1 atom stereocenters. The van der Waals surface area contributed by atoms with Gasteiger partial charge in [0.2, 0.25) is 0 Å². The minimum Gasteiger partial charge on any atom is -0.344 e. The average Bonchev–Trinajstić information content (AvgIpc) is 2.60. The van der Waals surface area contributed by atoms with Gasteiger partial charge in [-0.25, -0.2) is 0 Å². The maximum absolute atomic E-state index is 4.24.